The van der Waals surface area contributed by atoms with Gasteiger partial charge in [-0.15, -0.1) is 0 Å². The smallest absolute Gasteiger partial charge is 0.292 e. The van der Waals surface area contributed by atoms with Gasteiger partial charge in [-0.05, 0) is 30.5 Å². The SMILES string of the molecule is COc1cc(C(=O)N2CCN(c3ccccc3[N+](=O)[O-])CC2)cc(Cl)c1OCCC(C)C. The zero-order chi connectivity index (χ0) is 23.3. The van der Waals surface area contributed by atoms with Crippen LogP contribution in [0.2, 0.25) is 5.02 Å². The first kappa shape index (κ1) is 23.7. The summed E-state index contributed by atoms with van der Waals surface area (Å²) >= 11 is 6.41. The van der Waals surface area contributed by atoms with Gasteiger partial charge in [0, 0.05) is 37.8 Å². The predicted octanol–water partition coefficient (Wildman–Crippen LogP) is 4.64. The molecule has 3 rings (SSSR count). The number of rotatable bonds is 8. The van der Waals surface area contributed by atoms with Gasteiger partial charge in [-0.1, -0.05) is 37.6 Å². The molecule has 0 aliphatic carbocycles. The lowest BCUT2D eigenvalue weighted by Gasteiger charge is -2.36. The summed E-state index contributed by atoms with van der Waals surface area (Å²) < 4.78 is 11.2. The molecule has 0 N–H and O–H groups in total. The maximum Gasteiger partial charge on any atom is 0.292 e. The zero-order valence-electron chi connectivity index (χ0n) is 18.5. The number of nitro groups is 1. The second-order valence-corrected chi connectivity index (χ2v) is 8.45. The molecular weight excluding hydrogens is 434 g/mol. The van der Waals surface area contributed by atoms with E-state index >= 15 is 0 Å². The second kappa shape index (κ2) is 10.5. The number of methoxy groups -OCH3 is 1. The van der Waals surface area contributed by atoms with E-state index in [2.05, 4.69) is 13.8 Å². The van der Waals surface area contributed by atoms with Gasteiger partial charge in [0.15, 0.2) is 11.5 Å². The third kappa shape index (κ3) is 5.43. The molecule has 2 aromatic rings. The van der Waals surface area contributed by atoms with Gasteiger partial charge in [-0.2, -0.15) is 0 Å². The largest absolute Gasteiger partial charge is 0.493 e. The van der Waals surface area contributed by atoms with Gasteiger partial charge in [0.05, 0.1) is 23.7 Å². The minimum Gasteiger partial charge on any atom is -0.493 e. The Balaban J connectivity index is 1.70. The van der Waals surface area contributed by atoms with Crippen molar-refractivity contribution in [1.29, 1.82) is 0 Å². The topological polar surface area (TPSA) is 85.2 Å². The van der Waals surface area contributed by atoms with E-state index in [1.54, 1.807) is 35.2 Å². The molecule has 1 aliphatic rings. The van der Waals surface area contributed by atoms with E-state index in [-0.39, 0.29) is 16.5 Å². The number of hydrogen-bond donors (Lipinski definition) is 0. The number of anilines is 1. The van der Waals surface area contributed by atoms with Crippen LogP contribution < -0.4 is 14.4 Å². The molecule has 0 saturated carbocycles. The summed E-state index contributed by atoms with van der Waals surface area (Å²) in [7, 11) is 1.51. The Hall–Kier alpha value is -3.00. The summed E-state index contributed by atoms with van der Waals surface area (Å²) in [4.78, 5) is 27.7. The first-order valence-corrected chi connectivity index (χ1v) is 11.0. The lowest BCUT2D eigenvalue weighted by Crippen LogP contribution is -2.49. The van der Waals surface area contributed by atoms with Crippen molar-refractivity contribution in [2.24, 2.45) is 5.92 Å². The highest BCUT2D eigenvalue weighted by Crippen LogP contribution is 2.37. The molecule has 1 amide bonds. The Morgan fingerprint density at radius 2 is 1.88 bits per heavy atom. The van der Waals surface area contributed by atoms with Crippen LogP contribution in [0.25, 0.3) is 0 Å². The lowest BCUT2D eigenvalue weighted by molar-refractivity contribution is -0.384. The molecule has 1 aliphatic heterocycles. The molecule has 1 heterocycles. The van der Waals surface area contributed by atoms with E-state index in [9.17, 15) is 14.9 Å². The van der Waals surface area contributed by atoms with Gasteiger partial charge >= 0.3 is 0 Å². The maximum absolute atomic E-state index is 13.1. The molecule has 0 spiro atoms. The van der Waals surface area contributed by atoms with Gasteiger partial charge in [-0.3, -0.25) is 14.9 Å². The first-order chi connectivity index (χ1) is 15.3. The second-order valence-electron chi connectivity index (χ2n) is 8.05. The third-order valence-corrected chi connectivity index (χ3v) is 5.68. The quantitative estimate of drug-likeness (QED) is 0.420. The summed E-state index contributed by atoms with van der Waals surface area (Å²) in [5.74, 6) is 1.19. The molecule has 0 atom stereocenters. The molecule has 8 nitrogen and oxygen atoms in total. The molecule has 9 heteroatoms. The highest BCUT2D eigenvalue weighted by atomic mass is 35.5. The predicted molar refractivity (Wildman–Crippen MR) is 124 cm³/mol. The van der Waals surface area contributed by atoms with Crippen LogP contribution in [-0.4, -0.2) is 55.6 Å². The number of benzene rings is 2. The van der Waals surface area contributed by atoms with Gasteiger partial charge in [0.25, 0.3) is 11.6 Å². The molecule has 1 saturated heterocycles. The standard InChI is InChI=1S/C23H28ClN3O5/c1-16(2)8-13-32-22-18(24)14-17(15-21(22)31-3)23(28)26-11-9-25(10-12-26)19-6-4-5-7-20(19)27(29)30/h4-7,14-16H,8-13H2,1-3H3. The minimum absolute atomic E-state index is 0.0665. The lowest BCUT2D eigenvalue weighted by atomic mass is 10.1. The summed E-state index contributed by atoms with van der Waals surface area (Å²) in [6.07, 6.45) is 0.879. The number of hydrogen-bond acceptors (Lipinski definition) is 6. The van der Waals surface area contributed by atoms with Crippen LogP contribution in [-0.2, 0) is 0 Å². The van der Waals surface area contributed by atoms with Crippen molar-refractivity contribution in [3.63, 3.8) is 0 Å². The first-order valence-electron chi connectivity index (χ1n) is 10.6. The van der Waals surface area contributed by atoms with Crippen LogP contribution in [0.1, 0.15) is 30.6 Å². The Morgan fingerprint density at radius 1 is 1.19 bits per heavy atom. The average Bonchev–Trinajstić information content (AvgIpc) is 2.79. The van der Waals surface area contributed by atoms with Crippen molar-refractivity contribution in [3.05, 3.63) is 57.1 Å². The Bertz CT molecular complexity index is 974. The molecule has 0 aromatic heterocycles. The fraction of sp³-hybridized carbons (Fsp3) is 0.435. The summed E-state index contributed by atoms with van der Waals surface area (Å²) in [5.41, 5.74) is 1.05. The number of ether oxygens (including phenoxy) is 2. The van der Waals surface area contributed by atoms with Crippen LogP contribution >= 0.6 is 11.6 Å². The van der Waals surface area contributed by atoms with Crippen molar-refractivity contribution >= 4 is 28.9 Å². The number of nitrogens with zero attached hydrogens (tertiary/aromatic N) is 3. The normalized spacial score (nSPS) is 13.9. The summed E-state index contributed by atoms with van der Waals surface area (Å²) in [6, 6.07) is 9.90. The molecule has 32 heavy (non-hydrogen) atoms. The highest BCUT2D eigenvalue weighted by Gasteiger charge is 2.27. The fourth-order valence-corrected chi connectivity index (χ4v) is 3.86. The molecule has 0 bridgehead atoms. The van der Waals surface area contributed by atoms with Crippen molar-refractivity contribution in [1.82, 2.24) is 4.90 Å². The van der Waals surface area contributed by atoms with Gasteiger partial charge < -0.3 is 19.3 Å². The van der Waals surface area contributed by atoms with Crippen molar-refractivity contribution in [2.75, 3.05) is 44.8 Å². The van der Waals surface area contributed by atoms with Crippen LogP contribution in [0, 0.1) is 16.0 Å². The Morgan fingerprint density at radius 3 is 2.50 bits per heavy atom. The van der Waals surface area contributed by atoms with Gasteiger partial charge in [0.2, 0.25) is 0 Å². The molecule has 0 radical (unpaired) electrons. The van der Waals surface area contributed by atoms with Crippen LogP contribution in [0.3, 0.4) is 0 Å². The molecule has 2 aromatic carbocycles. The van der Waals surface area contributed by atoms with Crippen LogP contribution in [0.5, 0.6) is 11.5 Å². The van der Waals surface area contributed by atoms with E-state index in [1.165, 1.54) is 13.2 Å². The average molecular weight is 462 g/mol. The van der Waals surface area contributed by atoms with Crippen molar-refractivity contribution in [2.45, 2.75) is 20.3 Å². The zero-order valence-corrected chi connectivity index (χ0v) is 19.3. The van der Waals surface area contributed by atoms with Crippen molar-refractivity contribution in [3.8, 4) is 11.5 Å². The van der Waals surface area contributed by atoms with Crippen molar-refractivity contribution < 1.29 is 19.2 Å². The Kier molecular flexibility index (Phi) is 7.80. The van der Waals surface area contributed by atoms with E-state index < -0.39 is 0 Å². The van der Waals surface area contributed by atoms with Crippen LogP contribution in [0.15, 0.2) is 36.4 Å². The highest BCUT2D eigenvalue weighted by molar-refractivity contribution is 6.32. The van der Waals surface area contributed by atoms with Gasteiger partial charge in [-0.25, -0.2) is 0 Å². The van der Waals surface area contributed by atoms with Gasteiger partial charge in [0.1, 0.15) is 5.69 Å². The van der Waals surface area contributed by atoms with E-state index in [4.69, 9.17) is 21.1 Å². The number of carbonyl (C=O) groups excluding carboxylic acids is 1. The number of nitro benzene ring substituents is 1. The number of piperazine rings is 1. The number of amides is 1. The van der Waals surface area contributed by atoms with Crippen LogP contribution in [0.4, 0.5) is 11.4 Å². The van der Waals surface area contributed by atoms with E-state index in [0.717, 1.165) is 6.42 Å². The molecule has 172 valence electrons. The number of para-hydroxylation sites is 2. The number of halogens is 1. The van der Waals surface area contributed by atoms with E-state index in [0.29, 0.717) is 66.5 Å². The Labute approximate surface area is 192 Å². The molecule has 1 fully saturated rings. The summed E-state index contributed by atoms with van der Waals surface area (Å²) in [5, 5.41) is 11.6. The fourth-order valence-electron chi connectivity index (χ4n) is 3.60. The van der Waals surface area contributed by atoms with E-state index in [1.807, 2.05) is 4.90 Å². The number of carbonyl (C=O) groups is 1. The molecule has 0 unspecified atom stereocenters. The monoisotopic (exact) mass is 461 g/mol. The molecular formula is C23H28ClN3O5. The summed E-state index contributed by atoms with van der Waals surface area (Å²) in [6.45, 7) is 6.61. The minimum atomic E-state index is -0.383. The maximum atomic E-state index is 13.1. The third-order valence-electron chi connectivity index (χ3n) is 5.40.